The van der Waals surface area contributed by atoms with Crippen molar-refractivity contribution in [3.8, 4) is 5.75 Å². The molecule has 7 heteroatoms. The third-order valence-corrected chi connectivity index (χ3v) is 5.31. The number of nitrogens with zero attached hydrogens (tertiary/aromatic N) is 1. The third-order valence-electron chi connectivity index (χ3n) is 5.07. The SMILES string of the molecule is COc1ccc([C@@H](CNC(=O)CNC(=O)c2cccc(Cl)c2)N2CCCC2)cc1. The summed E-state index contributed by atoms with van der Waals surface area (Å²) in [7, 11) is 1.64. The monoisotopic (exact) mass is 415 g/mol. The average molecular weight is 416 g/mol. The number of ether oxygens (including phenoxy) is 1. The molecule has 1 atom stereocenters. The summed E-state index contributed by atoms with van der Waals surface area (Å²) in [6.45, 7) is 2.43. The molecule has 29 heavy (non-hydrogen) atoms. The van der Waals surface area contributed by atoms with E-state index in [0.717, 1.165) is 37.2 Å². The van der Waals surface area contributed by atoms with Crippen molar-refractivity contribution >= 4 is 23.4 Å². The van der Waals surface area contributed by atoms with Crippen molar-refractivity contribution in [3.63, 3.8) is 0 Å². The predicted molar refractivity (Wildman–Crippen MR) is 113 cm³/mol. The van der Waals surface area contributed by atoms with Crippen molar-refractivity contribution in [2.45, 2.75) is 18.9 Å². The number of hydrogen-bond acceptors (Lipinski definition) is 4. The zero-order valence-electron chi connectivity index (χ0n) is 16.5. The normalized spacial score (nSPS) is 15.0. The molecule has 2 aromatic rings. The summed E-state index contributed by atoms with van der Waals surface area (Å²) in [5.41, 5.74) is 1.56. The lowest BCUT2D eigenvalue weighted by Gasteiger charge is -2.28. The van der Waals surface area contributed by atoms with Crippen molar-refractivity contribution in [2.75, 3.05) is 33.3 Å². The van der Waals surface area contributed by atoms with Crippen LogP contribution in [-0.2, 0) is 4.79 Å². The van der Waals surface area contributed by atoms with Crippen LogP contribution in [0.25, 0.3) is 0 Å². The Bertz CT molecular complexity index is 835. The van der Waals surface area contributed by atoms with Crippen molar-refractivity contribution in [1.82, 2.24) is 15.5 Å². The molecule has 1 heterocycles. The smallest absolute Gasteiger partial charge is 0.251 e. The molecule has 2 N–H and O–H groups in total. The fourth-order valence-electron chi connectivity index (χ4n) is 3.50. The molecule has 6 nitrogen and oxygen atoms in total. The van der Waals surface area contributed by atoms with E-state index in [1.165, 1.54) is 0 Å². The molecule has 0 aliphatic carbocycles. The van der Waals surface area contributed by atoms with Gasteiger partial charge in [-0.05, 0) is 61.8 Å². The molecule has 3 rings (SSSR count). The fraction of sp³-hybridized carbons (Fsp3) is 0.364. The summed E-state index contributed by atoms with van der Waals surface area (Å²) in [4.78, 5) is 26.8. The predicted octanol–water partition coefficient (Wildman–Crippen LogP) is 3.03. The molecule has 1 aliphatic rings. The minimum atomic E-state index is -0.325. The Balaban J connectivity index is 1.55. The molecule has 1 fully saturated rings. The van der Waals surface area contributed by atoms with Crippen molar-refractivity contribution < 1.29 is 14.3 Å². The lowest BCUT2D eigenvalue weighted by atomic mass is 10.1. The average Bonchev–Trinajstić information content (AvgIpc) is 3.27. The topological polar surface area (TPSA) is 70.7 Å². The largest absolute Gasteiger partial charge is 0.497 e. The first-order valence-corrected chi connectivity index (χ1v) is 10.1. The van der Waals surface area contributed by atoms with Crippen LogP contribution in [0.15, 0.2) is 48.5 Å². The Morgan fingerprint density at radius 3 is 2.48 bits per heavy atom. The van der Waals surface area contributed by atoms with E-state index < -0.39 is 0 Å². The number of carbonyl (C=O) groups is 2. The highest BCUT2D eigenvalue weighted by Crippen LogP contribution is 2.26. The lowest BCUT2D eigenvalue weighted by Crippen LogP contribution is -2.41. The molecule has 0 saturated carbocycles. The second kappa shape index (κ2) is 10.3. The van der Waals surface area contributed by atoms with E-state index in [9.17, 15) is 9.59 Å². The first-order chi connectivity index (χ1) is 14.1. The van der Waals surface area contributed by atoms with Crippen LogP contribution in [0.3, 0.4) is 0 Å². The van der Waals surface area contributed by atoms with Gasteiger partial charge in [0.25, 0.3) is 5.91 Å². The van der Waals surface area contributed by atoms with Crippen LogP contribution in [0.1, 0.15) is 34.8 Å². The zero-order valence-corrected chi connectivity index (χ0v) is 17.2. The van der Waals surface area contributed by atoms with Crippen LogP contribution in [0, 0.1) is 0 Å². The fourth-order valence-corrected chi connectivity index (χ4v) is 3.69. The highest BCUT2D eigenvalue weighted by Gasteiger charge is 2.24. The van der Waals surface area contributed by atoms with Gasteiger partial charge in [0.2, 0.25) is 5.91 Å². The molecule has 0 bridgehead atoms. The first kappa shape index (κ1) is 21.1. The summed E-state index contributed by atoms with van der Waals surface area (Å²) in [6.07, 6.45) is 2.33. The maximum Gasteiger partial charge on any atom is 0.251 e. The molecule has 0 aromatic heterocycles. The van der Waals surface area contributed by atoms with Crippen molar-refractivity contribution in [2.24, 2.45) is 0 Å². The lowest BCUT2D eigenvalue weighted by molar-refractivity contribution is -0.120. The van der Waals surface area contributed by atoms with Crippen LogP contribution in [0.4, 0.5) is 0 Å². The van der Waals surface area contributed by atoms with E-state index in [1.54, 1.807) is 31.4 Å². The Labute approximate surface area is 176 Å². The van der Waals surface area contributed by atoms with Gasteiger partial charge in [0, 0.05) is 17.1 Å². The van der Waals surface area contributed by atoms with E-state index in [-0.39, 0.29) is 24.4 Å². The van der Waals surface area contributed by atoms with Gasteiger partial charge in [0.05, 0.1) is 19.7 Å². The van der Waals surface area contributed by atoms with Gasteiger partial charge in [-0.25, -0.2) is 0 Å². The molecular weight excluding hydrogens is 390 g/mol. The van der Waals surface area contributed by atoms with Gasteiger partial charge in [0.15, 0.2) is 0 Å². The van der Waals surface area contributed by atoms with Crippen LogP contribution in [-0.4, -0.2) is 50.0 Å². The summed E-state index contributed by atoms with van der Waals surface area (Å²) >= 11 is 5.90. The van der Waals surface area contributed by atoms with Crippen LogP contribution >= 0.6 is 11.6 Å². The van der Waals surface area contributed by atoms with Crippen LogP contribution in [0.5, 0.6) is 5.75 Å². The van der Waals surface area contributed by atoms with E-state index in [4.69, 9.17) is 16.3 Å². The second-order valence-corrected chi connectivity index (χ2v) is 7.47. The number of carbonyl (C=O) groups excluding carboxylic acids is 2. The number of benzene rings is 2. The Hall–Kier alpha value is -2.57. The molecular formula is C22H26ClN3O3. The number of rotatable bonds is 8. The highest BCUT2D eigenvalue weighted by atomic mass is 35.5. The van der Waals surface area contributed by atoms with E-state index in [1.807, 2.05) is 24.3 Å². The molecule has 1 aliphatic heterocycles. The Kier molecular flexibility index (Phi) is 7.49. The summed E-state index contributed by atoms with van der Waals surface area (Å²) in [5, 5.41) is 6.07. The van der Waals surface area contributed by atoms with Crippen LogP contribution < -0.4 is 15.4 Å². The van der Waals surface area contributed by atoms with E-state index in [0.29, 0.717) is 17.1 Å². The van der Waals surface area contributed by atoms with Gasteiger partial charge in [-0.15, -0.1) is 0 Å². The van der Waals surface area contributed by atoms with Crippen molar-refractivity contribution in [1.29, 1.82) is 0 Å². The summed E-state index contributed by atoms with van der Waals surface area (Å²) in [5.74, 6) is 0.258. The summed E-state index contributed by atoms with van der Waals surface area (Å²) < 4.78 is 5.24. The minimum absolute atomic E-state index is 0.0827. The second-order valence-electron chi connectivity index (χ2n) is 7.03. The maximum absolute atomic E-state index is 12.3. The van der Waals surface area contributed by atoms with Crippen molar-refractivity contribution in [3.05, 3.63) is 64.7 Å². The third kappa shape index (κ3) is 5.95. The summed E-state index contributed by atoms with van der Waals surface area (Å²) in [6, 6.07) is 14.7. The van der Waals surface area contributed by atoms with Gasteiger partial charge in [-0.2, -0.15) is 0 Å². The number of likely N-dealkylation sites (tertiary alicyclic amines) is 1. The molecule has 1 saturated heterocycles. The standard InChI is InChI=1S/C22H26ClN3O3/c1-29-19-9-7-16(8-10-19)20(26-11-2-3-12-26)14-24-21(27)15-25-22(28)17-5-4-6-18(23)13-17/h4-10,13,20H,2-3,11-12,14-15H2,1H3,(H,24,27)(H,25,28)/t20-/m1/s1. The van der Waals surface area contributed by atoms with Gasteiger partial charge in [-0.1, -0.05) is 29.8 Å². The molecule has 0 spiro atoms. The van der Waals surface area contributed by atoms with Gasteiger partial charge >= 0.3 is 0 Å². The molecule has 154 valence electrons. The van der Waals surface area contributed by atoms with Crippen LogP contribution in [0.2, 0.25) is 5.02 Å². The molecule has 2 amide bonds. The van der Waals surface area contributed by atoms with Gasteiger partial charge < -0.3 is 15.4 Å². The number of methoxy groups -OCH3 is 1. The van der Waals surface area contributed by atoms with E-state index in [2.05, 4.69) is 15.5 Å². The highest BCUT2D eigenvalue weighted by molar-refractivity contribution is 6.30. The minimum Gasteiger partial charge on any atom is -0.497 e. The first-order valence-electron chi connectivity index (χ1n) is 9.75. The number of amides is 2. The maximum atomic E-state index is 12.3. The number of hydrogen-bond donors (Lipinski definition) is 2. The van der Waals surface area contributed by atoms with E-state index >= 15 is 0 Å². The number of nitrogens with one attached hydrogen (secondary N) is 2. The van der Waals surface area contributed by atoms with Gasteiger partial charge in [-0.3, -0.25) is 14.5 Å². The molecule has 0 unspecified atom stereocenters. The Morgan fingerprint density at radius 2 is 1.83 bits per heavy atom. The molecule has 2 aromatic carbocycles. The quantitative estimate of drug-likeness (QED) is 0.695. The molecule has 0 radical (unpaired) electrons. The number of halogens is 1. The zero-order chi connectivity index (χ0) is 20.6. The Morgan fingerprint density at radius 1 is 1.10 bits per heavy atom. The van der Waals surface area contributed by atoms with Gasteiger partial charge in [0.1, 0.15) is 5.75 Å².